The zero-order valence-corrected chi connectivity index (χ0v) is 17.4. The Morgan fingerprint density at radius 2 is 1.86 bits per heavy atom. The zero-order chi connectivity index (χ0) is 21.3. The van der Waals surface area contributed by atoms with E-state index in [9.17, 15) is 4.79 Å². The van der Waals surface area contributed by atoms with Gasteiger partial charge in [0.15, 0.2) is 5.82 Å². The third-order valence-corrected chi connectivity index (χ3v) is 3.37. The van der Waals surface area contributed by atoms with E-state index in [1.807, 2.05) is 34.6 Å². The first-order valence-electron chi connectivity index (χ1n) is 9.43. The number of aromatic amines is 1. The predicted molar refractivity (Wildman–Crippen MR) is 115 cm³/mol. The van der Waals surface area contributed by atoms with Crippen molar-refractivity contribution in [2.24, 2.45) is 16.5 Å². The highest BCUT2D eigenvalue weighted by Crippen LogP contribution is 2.22. The molecule has 0 bridgehead atoms. The molecule has 8 heteroatoms. The molecule has 0 aliphatic heterocycles. The predicted octanol–water partition coefficient (Wildman–Crippen LogP) is 3.33. The van der Waals surface area contributed by atoms with Gasteiger partial charge < -0.3 is 16.5 Å². The fraction of sp³-hybridized carbons (Fsp3) is 0.350. The largest absolute Gasteiger partial charge is 0.402 e. The monoisotopic (exact) mass is 383 g/mol. The highest BCUT2D eigenvalue weighted by atomic mass is 16.1. The topological polar surface area (TPSA) is 136 Å². The summed E-state index contributed by atoms with van der Waals surface area (Å²) in [5.74, 6) is -0.111. The summed E-state index contributed by atoms with van der Waals surface area (Å²) in [6.07, 6.45) is 3.38. The molecule has 0 fully saturated rings. The van der Waals surface area contributed by atoms with Crippen LogP contribution in [0.3, 0.4) is 0 Å². The summed E-state index contributed by atoms with van der Waals surface area (Å²) in [6, 6.07) is 3.31. The van der Waals surface area contributed by atoms with Crippen molar-refractivity contribution in [3.8, 4) is 0 Å². The number of carbonyl (C=O) groups is 1. The molecule has 0 spiro atoms. The molecular weight excluding hydrogens is 354 g/mol. The number of allylic oxidation sites excluding steroid dienone is 2. The van der Waals surface area contributed by atoms with E-state index < -0.39 is 5.91 Å². The van der Waals surface area contributed by atoms with E-state index in [-0.39, 0.29) is 5.69 Å². The van der Waals surface area contributed by atoms with Crippen molar-refractivity contribution in [2.45, 2.75) is 41.5 Å². The summed E-state index contributed by atoms with van der Waals surface area (Å²) >= 11 is 0. The fourth-order valence-electron chi connectivity index (χ4n) is 2.37. The highest BCUT2D eigenvalue weighted by Gasteiger charge is 2.13. The van der Waals surface area contributed by atoms with E-state index in [1.165, 1.54) is 0 Å². The van der Waals surface area contributed by atoms with Crippen molar-refractivity contribution in [1.29, 1.82) is 0 Å². The Balaban J connectivity index is 0.000000921. The molecule has 28 heavy (non-hydrogen) atoms. The van der Waals surface area contributed by atoms with Gasteiger partial charge in [-0.2, -0.15) is 0 Å². The molecule has 0 unspecified atom stereocenters. The smallest absolute Gasteiger partial charge is 0.267 e. The number of fused-ring (bicyclic) bond motifs is 3. The summed E-state index contributed by atoms with van der Waals surface area (Å²) < 4.78 is 0. The molecule has 0 atom stereocenters. The lowest BCUT2D eigenvalue weighted by molar-refractivity contribution is 0.0996. The maximum Gasteiger partial charge on any atom is 0.267 e. The Kier molecular flexibility index (Phi) is 8.74. The minimum Gasteiger partial charge on any atom is -0.402 e. The molecule has 3 aromatic rings. The Hall–Kier alpha value is -3.29. The third-order valence-electron chi connectivity index (χ3n) is 3.37. The standard InChI is InChI=1S/C16H17N7O.2C2H6/c1-3-19-12(6-8(2)17)16-20-7-9-13-10(22-15(9)23-16)4-5-11(21-13)14(18)24;2*1-2/h4-7H,3,17H2,1-2H3,(H2,18,24)(H,20,22,23);2*1-2H3/b8-6-,19-12?;;. The first-order chi connectivity index (χ1) is 13.5. The van der Waals surface area contributed by atoms with Crippen LogP contribution in [0.15, 0.2) is 35.1 Å². The Morgan fingerprint density at radius 3 is 2.43 bits per heavy atom. The van der Waals surface area contributed by atoms with Crippen molar-refractivity contribution in [1.82, 2.24) is 19.9 Å². The summed E-state index contributed by atoms with van der Waals surface area (Å²) in [5.41, 5.74) is 14.4. The van der Waals surface area contributed by atoms with Crippen LogP contribution < -0.4 is 11.5 Å². The summed E-state index contributed by atoms with van der Waals surface area (Å²) in [6.45, 7) is 12.3. The fourth-order valence-corrected chi connectivity index (χ4v) is 2.37. The van der Waals surface area contributed by atoms with E-state index in [2.05, 4.69) is 24.9 Å². The number of nitrogens with one attached hydrogen (secondary N) is 1. The number of primary amides is 1. The lowest BCUT2D eigenvalue weighted by Gasteiger charge is -2.01. The number of hydrogen-bond acceptors (Lipinski definition) is 6. The van der Waals surface area contributed by atoms with Gasteiger partial charge in [0.05, 0.1) is 16.4 Å². The molecule has 3 rings (SSSR count). The van der Waals surface area contributed by atoms with Crippen LogP contribution >= 0.6 is 0 Å². The number of carbonyl (C=O) groups excluding carboxylic acids is 1. The van der Waals surface area contributed by atoms with Crippen LogP contribution in [-0.2, 0) is 0 Å². The molecule has 0 radical (unpaired) electrons. The number of nitrogens with two attached hydrogens (primary N) is 2. The van der Waals surface area contributed by atoms with Crippen LogP contribution in [0, 0.1) is 0 Å². The maximum absolute atomic E-state index is 11.3. The molecule has 150 valence electrons. The molecular formula is C20H29N7O. The summed E-state index contributed by atoms with van der Waals surface area (Å²) in [7, 11) is 0. The van der Waals surface area contributed by atoms with Gasteiger partial charge in [0.25, 0.3) is 5.91 Å². The van der Waals surface area contributed by atoms with Crippen LogP contribution in [0.5, 0.6) is 0 Å². The van der Waals surface area contributed by atoms with Crippen molar-refractivity contribution >= 4 is 33.7 Å². The molecule has 0 saturated carbocycles. The van der Waals surface area contributed by atoms with Crippen molar-refractivity contribution in [3.63, 3.8) is 0 Å². The number of aliphatic imine (C=N–C) groups is 1. The number of nitrogens with zero attached hydrogens (tertiary/aromatic N) is 4. The Morgan fingerprint density at radius 1 is 1.18 bits per heavy atom. The molecule has 0 saturated heterocycles. The molecule has 3 aromatic heterocycles. The molecule has 0 aliphatic rings. The Bertz CT molecular complexity index is 998. The van der Waals surface area contributed by atoms with Gasteiger partial charge in [0, 0.05) is 18.4 Å². The second kappa shape index (κ2) is 10.8. The quantitative estimate of drug-likeness (QED) is 0.594. The van der Waals surface area contributed by atoms with Gasteiger partial charge in [0.2, 0.25) is 0 Å². The van der Waals surface area contributed by atoms with Gasteiger partial charge >= 0.3 is 0 Å². The van der Waals surface area contributed by atoms with Crippen molar-refractivity contribution in [3.05, 3.63) is 41.6 Å². The second-order valence-corrected chi connectivity index (χ2v) is 5.29. The zero-order valence-electron chi connectivity index (χ0n) is 17.4. The first kappa shape index (κ1) is 22.8. The molecule has 0 aliphatic carbocycles. The van der Waals surface area contributed by atoms with Gasteiger partial charge in [-0.3, -0.25) is 9.79 Å². The summed E-state index contributed by atoms with van der Waals surface area (Å²) in [5, 5.41) is 0.709. The van der Waals surface area contributed by atoms with E-state index in [4.69, 9.17) is 11.5 Å². The normalized spacial score (nSPS) is 11.5. The summed E-state index contributed by atoms with van der Waals surface area (Å²) in [4.78, 5) is 32.0. The van der Waals surface area contributed by atoms with Gasteiger partial charge in [-0.05, 0) is 32.1 Å². The molecule has 1 amide bonds. The van der Waals surface area contributed by atoms with Crippen LogP contribution in [0.1, 0.15) is 57.9 Å². The van der Waals surface area contributed by atoms with Gasteiger partial charge in [-0.1, -0.05) is 27.7 Å². The number of rotatable bonds is 4. The van der Waals surface area contributed by atoms with Crippen LogP contribution in [0.4, 0.5) is 0 Å². The van der Waals surface area contributed by atoms with E-state index in [0.29, 0.717) is 40.3 Å². The van der Waals surface area contributed by atoms with Crippen LogP contribution in [-0.4, -0.2) is 38.1 Å². The minimum atomic E-state index is -0.579. The third kappa shape index (κ3) is 5.12. The molecule has 3 heterocycles. The second-order valence-electron chi connectivity index (χ2n) is 5.29. The van der Waals surface area contributed by atoms with Gasteiger partial charge in [-0.25, -0.2) is 15.0 Å². The van der Waals surface area contributed by atoms with Crippen molar-refractivity contribution < 1.29 is 4.79 Å². The van der Waals surface area contributed by atoms with E-state index in [1.54, 1.807) is 31.3 Å². The van der Waals surface area contributed by atoms with Crippen LogP contribution in [0.2, 0.25) is 0 Å². The lowest BCUT2D eigenvalue weighted by Crippen LogP contribution is -2.12. The van der Waals surface area contributed by atoms with E-state index in [0.717, 1.165) is 5.52 Å². The molecule has 5 N–H and O–H groups in total. The SMILES string of the molecule is CC.CC.CCN=C(/C=C(/C)N)c1ncc2c(n1)[nH]c1ccc(C(N)=O)nc12. The number of pyridine rings is 1. The Labute approximate surface area is 165 Å². The van der Waals surface area contributed by atoms with Crippen LogP contribution in [0.25, 0.3) is 22.1 Å². The molecule has 8 nitrogen and oxygen atoms in total. The number of amides is 1. The average Bonchev–Trinajstić information content (AvgIpc) is 3.07. The first-order valence-corrected chi connectivity index (χ1v) is 9.43. The lowest BCUT2D eigenvalue weighted by atomic mass is 10.2. The van der Waals surface area contributed by atoms with E-state index >= 15 is 0 Å². The van der Waals surface area contributed by atoms with Gasteiger partial charge in [0.1, 0.15) is 17.1 Å². The maximum atomic E-state index is 11.3. The van der Waals surface area contributed by atoms with Crippen molar-refractivity contribution in [2.75, 3.05) is 6.54 Å². The highest BCUT2D eigenvalue weighted by molar-refractivity contribution is 6.09. The minimum absolute atomic E-state index is 0.197. The number of H-pyrrole nitrogens is 1. The molecule has 0 aromatic carbocycles. The van der Waals surface area contributed by atoms with Gasteiger partial charge in [-0.15, -0.1) is 0 Å². The average molecular weight is 384 g/mol. The number of hydrogen-bond donors (Lipinski definition) is 3. The number of aromatic nitrogens is 4.